The van der Waals surface area contributed by atoms with Crippen molar-refractivity contribution in [3.63, 3.8) is 0 Å². The number of anilines is 1. The summed E-state index contributed by atoms with van der Waals surface area (Å²) in [6, 6.07) is 2.59. The Balaban J connectivity index is 2.47. The summed E-state index contributed by atoms with van der Waals surface area (Å²) in [5.74, 6) is -0.978. The molecule has 1 aromatic rings. The molecule has 2 rings (SSSR count). The van der Waals surface area contributed by atoms with Crippen LogP contribution in [0.25, 0.3) is 0 Å². The number of fused-ring (bicyclic) bond motifs is 1. The first-order chi connectivity index (χ1) is 6.16. The van der Waals surface area contributed by atoms with Crippen molar-refractivity contribution in [2.45, 2.75) is 25.8 Å². The highest BCUT2D eigenvalue weighted by molar-refractivity contribution is 5.55. The lowest BCUT2D eigenvalue weighted by atomic mass is 9.99. The van der Waals surface area contributed by atoms with Crippen molar-refractivity contribution < 1.29 is 8.78 Å². The maximum absolute atomic E-state index is 13.2. The molecule has 1 heterocycles. The summed E-state index contributed by atoms with van der Waals surface area (Å²) in [6.07, 6.45) is 1.67. The van der Waals surface area contributed by atoms with Gasteiger partial charge in [-0.05, 0) is 31.4 Å². The van der Waals surface area contributed by atoms with Crippen molar-refractivity contribution in [1.82, 2.24) is 0 Å². The van der Waals surface area contributed by atoms with E-state index in [1.165, 1.54) is 6.07 Å². The zero-order valence-electron chi connectivity index (χ0n) is 7.40. The average Bonchev–Trinajstić information content (AvgIpc) is 2.06. The van der Waals surface area contributed by atoms with Crippen LogP contribution >= 0.6 is 0 Å². The van der Waals surface area contributed by atoms with Crippen LogP contribution in [0.4, 0.5) is 14.5 Å². The SMILES string of the molecule is CC1CCc2cc(F)cc(F)c2N1. The van der Waals surface area contributed by atoms with Crippen LogP contribution in [0.1, 0.15) is 18.9 Å². The molecule has 0 spiro atoms. The maximum atomic E-state index is 13.2. The lowest BCUT2D eigenvalue weighted by Gasteiger charge is -2.24. The number of aryl methyl sites for hydroxylation is 1. The summed E-state index contributed by atoms with van der Waals surface area (Å²) in [5, 5.41) is 3.01. The van der Waals surface area contributed by atoms with Gasteiger partial charge in [0.05, 0.1) is 5.69 Å². The standard InChI is InChI=1S/C10H11F2N/c1-6-2-3-7-4-8(11)5-9(12)10(7)13-6/h4-6,13H,2-3H2,1H3. The highest BCUT2D eigenvalue weighted by atomic mass is 19.1. The van der Waals surface area contributed by atoms with E-state index in [0.29, 0.717) is 5.69 Å². The van der Waals surface area contributed by atoms with Crippen LogP contribution in [0, 0.1) is 11.6 Å². The van der Waals surface area contributed by atoms with Crippen LogP contribution in [0.15, 0.2) is 12.1 Å². The minimum Gasteiger partial charge on any atom is -0.380 e. The molecule has 0 saturated heterocycles. The molecule has 0 aromatic heterocycles. The Labute approximate surface area is 75.8 Å². The van der Waals surface area contributed by atoms with E-state index in [2.05, 4.69) is 5.32 Å². The van der Waals surface area contributed by atoms with Crippen molar-refractivity contribution in [1.29, 1.82) is 0 Å². The molecule has 0 amide bonds. The number of nitrogens with one attached hydrogen (secondary N) is 1. The molecular weight excluding hydrogens is 172 g/mol. The third-order valence-corrected chi connectivity index (χ3v) is 2.37. The van der Waals surface area contributed by atoms with E-state index in [4.69, 9.17) is 0 Å². The van der Waals surface area contributed by atoms with Gasteiger partial charge in [0.15, 0.2) is 0 Å². The second-order valence-corrected chi connectivity index (χ2v) is 3.51. The van der Waals surface area contributed by atoms with Crippen LogP contribution in [0.5, 0.6) is 0 Å². The van der Waals surface area contributed by atoms with Gasteiger partial charge in [-0.3, -0.25) is 0 Å². The fraction of sp³-hybridized carbons (Fsp3) is 0.400. The summed E-state index contributed by atoms with van der Waals surface area (Å²) < 4.78 is 26.0. The Hall–Kier alpha value is -1.12. The summed E-state index contributed by atoms with van der Waals surface area (Å²) in [6.45, 7) is 1.99. The molecule has 1 unspecified atom stereocenters. The van der Waals surface area contributed by atoms with Crippen LogP contribution in [-0.2, 0) is 6.42 Å². The fourth-order valence-corrected chi connectivity index (χ4v) is 1.68. The molecule has 1 aromatic carbocycles. The smallest absolute Gasteiger partial charge is 0.149 e. The second-order valence-electron chi connectivity index (χ2n) is 3.51. The van der Waals surface area contributed by atoms with Crippen LogP contribution in [0.2, 0.25) is 0 Å². The molecule has 0 fully saturated rings. The largest absolute Gasteiger partial charge is 0.380 e. The first-order valence-electron chi connectivity index (χ1n) is 4.41. The van der Waals surface area contributed by atoms with Gasteiger partial charge in [-0.15, -0.1) is 0 Å². The normalized spacial score (nSPS) is 20.7. The Morgan fingerprint density at radius 2 is 2.15 bits per heavy atom. The molecule has 0 aliphatic carbocycles. The molecule has 0 bridgehead atoms. The molecule has 1 aliphatic heterocycles. The number of halogens is 2. The molecule has 1 N–H and O–H groups in total. The number of rotatable bonds is 0. The van der Waals surface area contributed by atoms with E-state index < -0.39 is 11.6 Å². The van der Waals surface area contributed by atoms with Gasteiger partial charge in [-0.25, -0.2) is 8.78 Å². The highest BCUT2D eigenvalue weighted by Crippen LogP contribution is 2.28. The highest BCUT2D eigenvalue weighted by Gasteiger charge is 2.18. The van der Waals surface area contributed by atoms with Gasteiger partial charge < -0.3 is 5.32 Å². The molecule has 1 nitrogen and oxygen atoms in total. The zero-order chi connectivity index (χ0) is 9.42. The van der Waals surface area contributed by atoms with Crippen LogP contribution < -0.4 is 5.32 Å². The van der Waals surface area contributed by atoms with Gasteiger partial charge in [0.1, 0.15) is 11.6 Å². The molecule has 0 radical (unpaired) electrons. The van der Waals surface area contributed by atoms with Crippen molar-refractivity contribution in [3.05, 3.63) is 29.3 Å². The lowest BCUT2D eigenvalue weighted by Crippen LogP contribution is -2.23. The van der Waals surface area contributed by atoms with Crippen LogP contribution in [-0.4, -0.2) is 6.04 Å². The topological polar surface area (TPSA) is 12.0 Å². The summed E-state index contributed by atoms with van der Waals surface area (Å²) >= 11 is 0. The lowest BCUT2D eigenvalue weighted by molar-refractivity contribution is 0.568. The Kier molecular flexibility index (Phi) is 1.94. The first-order valence-corrected chi connectivity index (χ1v) is 4.41. The van der Waals surface area contributed by atoms with Crippen LogP contribution in [0.3, 0.4) is 0 Å². The Bertz CT molecular complexity index is 336. The van der Waals surface area contributed by atoms with Crippen molar-refractivity contribution >= 4 is 5.69 Å². The number of hydrogen-bond acceptors (Lipinski definition) is 1. The number of hydrogen-bond donors (Lipinski definition) is 1. The summed E-state index contributed by atoms with van der Waals surface area (Å²) in [4.78, 5) is 0. The first kappa shape index (κ1) is 8.48. The molecule has 1 atom stereocenters. The average molecular weight is 183 g/mol. The third-order valence-electron chi connectivity index (χ3n) is 2.37. The zero-order valence-corrected chi connectivity index (χ0v) is 7.40. The fourth-order valence-electron chi connectivity index (χ4n) is 1.68. The Morgan fingerprint density at radius 1 is 1.38 bits per heavy atom. The minimum absolute atomic E-state index is 0.271. The van der Waals surface area contributed by atoms with Gasteiger partial charge >= 0.3 is 0 Å². The van der Waals surface area contributed by atoms with E-state index in [0.717, 1.165) is 24.5 Å². The molecule has 3 heteroatoms. The van der Waals surface area contributed by atoms with Gasteiger partial charge in [0.2, 0.25) is 0 Å². The Morgan fingerprint density at radius 3 is 2.92 bits per heavy atom. The van der Waals surface area contributed by atoms with E-state index in [9.17, 15) is 8.78 Å². The summed E-state index contributed by atoms with van der Waals surface area (Å²) in [5.41, 5.74) is 1.22. The maximum Gasteiger partial charge on any atom is 0.149 e. The van der Waals surface area contributed by atoms with E-state index >= 15 is 0 Å². The monoisotopic (exact) mass is 183 g/mol. The van der Waals surface area contributed by atoms with Gasteiger partial charge in [0.25, 0.3) is 0 Å². The molecular formula is C10H11F2N. The number of benzene rings is 1. The molecule has 13 heavy (non-hydrogen) atoms. The molecule has 70 valence electrons. The second kappa shape index (κ2) is 2.98. The van der Waals surface area contributed by atoms with Gasteiger partial charge in [0, 0.05) is 12.1 Å². The van der Waals surface area contributed by atoms with E-state index in [1.54, 1.807) is 0 Å². The van der Waals surface area contributed by atoms with Gasteiger partial charge in [-0.1, -0.05) is 0 Å². The predicted molar refractivity (Wildman–Crippen MR) is 47.8 cm³/mol. The van der Waals surface area contributed by atoms with Crippen molar-refractivity contribution in [3.8, 4) is 0 Å². The summed E-state index contributed by atoms with van der Waals surface area (Å²) in [7, 11) is 0. The van der Waals surface area contributed by atoms with Crippen molar-refractivity contribution in [2.24, 2.45) is 0 Å². The third kappa shape index (κ3) is 1.50. The molecule has 0 saturated carbocycles. The van der Waals surface area contributed by atoms with Gasteiger partial charge in [-0.2, -0.15) is 0 Å². The molecule has 1 aliphatic rings. The minimum atomic E-state index is -0.493. The van der Waals surface area contributed by atoms with Crippen molar-refractivity contribution in [2.75, 3.05) is 5.32 Å². The predicted octanol–water partition coefficient (Wildman–Crippen LogP) is 2.71. The van der Waals surface area contributed by atoms with E-state index in [1.807, 2.05) is 6.92 Å². The quantitative estimate of drug-likeness (QED) is 0.652. The van der Waals surface area contributed by atoms with E-state index in [-0.39, 0.29) is 6.04 Å².